The molecule has 0 N–H and O–H groups in total. The van der Waals surface area contributed by atoms with E-state index in [-0.39, 0.29) is 5.78 Å². The Bertz CT molecular complexity index is 902. The van der Waals surface area contributed by atoms with E-state index >= 15 is 0 Å². The topological polar surface area (TPSA) is 26.3 Å². The van der Waals surface area contributed by atoms with Gasteiger partial charge in [-0.1, -0.05) is 91.0 Å². The van der Waals surface area contributed by atoms with Crippen LogP contribution in [0.15, 0.2) is 96.8 Å². The van der Waals surface area contributed by atoms with Crippen LogP contribution in [0, 0.1) is 0 Å². The van der Waals surface area contributed by atoms with Crippen molar-refractivity contribution in [2.24, 2.45) is 0 Å². The van der Waals surface area contributed by atoms with Gasteiger partial charge in [-0.3, -0.25) is 4.79 Å². The molecule has 0 radical (unpaired) electrons. The van der Waals surface area contributed by atoms with Gasteiger partial charge in [-0.25, -0.2) is 0 Å². The average molecular weight is 340 g/mol. The van der Waals surface area contributed by atoms with E-state index in [1.165, 1.54) is 0 Å². The molecule has 2 heteroatoms. The smallest absolute Gasteiger partial charge is 0.189 e. The second kappa shape index (κ2) is 6.64. The fraction of sp³-hybridized carbons (Fsp3) is 0.125. The first-order valence-corrected chi connectivity index (χ1v) is 8.89. The van der Waals surface area contributed by atoms with Crippen molar-refractivity contribution in [1.82, 2.24) is 0 Å². The normalized spacial score (nSPS) is 15.5. The number of allylic oxidation sites excluding steroid dienone is 2. The summed E-state index contributed by atoms with van der Waals surface area (Å²) in [7, 11) is 0. The highest BCUT2D eigenvalue weighted by Crippen LogP contribution is 2.53. The van der Waals surface area contributed by atoms with Gasteiger partial charge < -0.3 is 4.74 Å². The van der Waals surface area contributed by atoms with Crippen LogP contribution in [-0.2, 0) is 14.9 Å². The van der Waals surface area contributed by atoms with Crippen LogP contribution < -0.4 is 0 Å². The van der Waals surface area contributed by atoms with Gasteiger partial charge in [0.15, 0.2) is 5.78 Å². The molecule has 0 unspecified atom stereocenters. The molecule has 0 aromatic heterocycles. The lowest BCUT2D eigenvalue weighted by atomic mass is 9.58. The third-order valence-corrected chi connectivity index (χ3v) is 4.90. The van der Waals surface area contributed by atoms with E-state index in [2.05, 4.69) is 0 Å². The van der Waals surface area contributed by atoms with E-state index < -0.39 is 5.41 Å². The minimum atomic E-state index is -0.871. The Balaban J connectivity index is 2.01. The molecule has 0 spiro atoms. The van der Waals surface area contributed by atoms with Crippen molar-refractivity contribution >= 4 is 11.4 Å². The molecule has 0 atom stereocenters. The van der Waals surface area contributed by atoms with Crippen LogP contribution in [0.5, 0.6) is 0 Å². The number of hydrogen-bond acceptors (Lipinski definition) is 2. The maximum absolute atomic E-state index is 13.6. The number of ketones is 1. The Labute approximate surface area is 153 Å². The SMILES string of the molecule is CCOC1=C(c2ccccc2)C(=O)C1(c1ccccc1)c1ccccc1. The fourth-order valence-corrected chi connectivity index (χ4v) is 3.78. The Kier molecular flexibility index (Phi) is 4.18. The zero-order valence-electron chi connectivity index (χ0n) is 14.7. The summed E-state index contributed by atoms with van der Waals surface area (Å²) in [6.45, 7) is 2.47. The van der Waals surface area contributed by atoms with Gasteiger partial charge in [0.25, 0.3) is 0 Å². The molecule has 0 heterocycles. The third-order valence-electron chi connectivity index (χ3n) is 4.90. The molecule has 26 heavy (non-hydrogen) atoms. The van der Waals surface area contributed by atoms with Crippen LogP contribution >= 0.6 is 0 Å². The molecule has 0 amide bonds. The van der Waals surface area contributed by atoms with Gasteiger partial charge in [0.2, 0.25) is 0 Å². The highest BCUT2D eigenvalue weighted by Gasteiger charge is 2.58. The number of rotatable bonds is 5. The average Bonchev–Trinajstić information content (AvgIpc) is 2.71. The molecular weight excluding hydrogens is 320 g/mol. The summed E-state index contributed by atoms with van der Waals surface area (Å²) < 4.78 is 6.10. The summed E-state index contributed by atoms with van der Waals surface area (Å²) >= 11 is 0. The van der Waals surface area contributed by atoms with Crippen LogP contribution in [-0.4, -0.2) is 12.4 Å². The predicted molar refractivity (Wildman–Crippen MR) is 104 cm³/mol. The number of carbonyl (C=O) groups is 1. The van der Waals surface area contributed by atoms with Crippen molar-refractivity contribution in [3.8, 4) is 0 Å². The van der Waals surface area contributed by atoms with Crippen LogP contribution in [0.3, 0.4) is 0 Å². The number of carbonyl (C=O) groups excluding carboxylic acids is 1. The van der Waals surface area contributed by atoms with Crippen LogP contribution in [0.1, 0.15) is 23.6 Å². The summed E-state index contributed by atoms with van der Waals surface area (Å²) in [6, 6.07) is 29.6. The number of Topliss-reactive ketones (excluding diaryl/α,β-unsaturated/α-hetero) is 1. The lowest BCUT2D eigenvalue weighted by Crippen LogP contribution is -2.49. The van der Waals surface area contributed by atoms with Gasteiger partial charge in [-0.15, -0.1) is 0 Å². The van der Waals surface area contributed by atoms with Crippen molar-refractivity contribution < 1.29 is 9.53 Å². The Morgan fingerprint density at radius 1 is 0.731 bits per heavy atom. The minimum Gasteiger partial charge on any atom is -0.496 e. The van der Waals surface area contributed by atoms with Gasteiger partial charge >= 0.3 is 0 Å². The van der Waals surface area contributed by atoms with Gasteiger partial charge in [0.05, 0.1) is 12.2 Å². The fourth-order valence-electron chi connectivity index (χ4n) is 3.78. The maximum atomic E-state index is 13.6. The van der Waals surface area contributed by atoms with E-state index in [9.17, 15) is 4.79 Å². The molecule has 4 rings (SSSR count). The van der Waals surface area contributed by atoms with Gasteiger partial charge in [-0.2, -0.15) is 0 Å². The zero-order valence-corrected chi connectivity index (χ0v) is 14.7. The van der Waals surface area contributed by atoms with Crippen molar-refractivity contribution in [3.05, 3.63) is 113 Å². The highest BCUT2D eigenvalue weighted by atomic mass is 16.5. The first-order valence-electron chi connectivity index (χ1n) is 8.89. The molecule has 0 saturated carbocycles. The standard InChI is InChI=1S/C24H20O2/c1-2-26-23-21(18-12-6-3-7-13-18)22(25)24(23,19-14-8-4-9-15-19)20-16-10-5-11-17-20/h3-17H,2H2,1H3. The van der Waals surface area contributed by atoms with E-state index in [0.29, 0.717) is 12.2 Å². The van der Waals surface area contributed by atoms with E-state index in [1.54, 1.807) is 0 Å². The summed E-state index contributed by atoms with van der Waals surface area (Å²) in [6.07, 6.45) is 0. The van der Waals surface area contributed by atoms with E-state index in [1.807, 2.05) is 97.9 Å². The van der Waals surface area contributed by atoms with Crippen LogP contribution in [0.4, 0.5) is 0 Å². The molecule has 0 fully saturated rings. The lowest BCUT2D eigenvalue weighted by molar-refractivity contribution is -0.120. The van der Waals surface area contributed by atoms with Crippen molar-refractivity contribution in [3.63, 3.8) is 0 Å². The second-order valence-electron chi connectivity index (χ2n) is 6.31. The first kappa shape index (κ1) is 16.3. The van der Waals surface area contributed by atoms with Gasteiger partial charge in [0, 0.05) is 0 Å². The Hall–Kier alpha value is -3.13. The van der Waals surface area contributed by atoms with Crippen molar-refractivity contribution in [2.45, 2.75) is 12.3 Å². The highest BCUT2D eigenvalue weighted by molar-refractivity contribution is 6.35. The lowest BCUT2D eigenvalue weighted by Gasteiger charge is -2.44. The summed E-state index contributed by atoms with van der Waals surface area (Å²) in [5, 5.41) is 0. The Morgan fingerprint density at radius 2 is 1.19 bits per heavy atom. The predicted octanol–water partition coefficient (Wildman–Crippen LogP) is 5.00. The second-order valence-corrected chi connectivity index (χ2v) is 6.31. The maximum Gasteiger partial charge on any atom is 0.189 e. The minimum absolute atomic E-state index is 0.0875. The molecule has 1 aliphatic rings. The Morgan fingerprint density at radius 3 is 1.65 bits per heavy atom. The monoisotopic (exact) mass is 340 g/mol. The van der Waals surface area contributed by atoms with E-state index in [0.717, 1.165) is 22.4 Å². The molecule has 128 valence electrons. The molecule has 2 nitrogen and oxygen atoms in total. The number of benzene rings is 3. The molecular formula is C24H20O2. The van der Waals surface area contributed by atoms with Gasteiger partial charge in [-0.05, 0) is 23.6 Å². The summed E-state index contributed by atoms with van der Waals surface area (Å²) in [5.74, 6) is 0.832. The summed E-state index contributed by atoms with van der Waals surface area (Å²) in [5.41, 5.74) is 2.60. The molecule has 0 saturated heterocycles. The largest absolute Gasteiger partial charge is 0.496 e. The molecule has 0 aliphatic heterocycles. The molecule has 1 aliphatic carbocycles. The zero-order chi connectivity index (χ0) is 18.0. The summed E-state index contributed by atoms with van der Waals surface area (Å²) in [4.78, 5) is 13.6. The van der Waals surface area contributed by atoms with Crippen LogP contribution in [0.2, 0.25) is 0 Å². The molecule has 3 aromatic rings. The first-order chi connectivity index (χ1) is 12.8. The van der Waals surface area contributed by atoms with Crippen molar-refractivity contribution in [2.75, 3.05) is 6.61 Å². The van der Waals surface area contributed by atoms with Crippen LogP contribution in [0.25, 0.3) is 5.57 Å². The number of hydrogen-bond donors (Lipinski definition) is 0. The quantitative estimate of drug-likeness (QED) is 0.653. The van der Waals surface area contributed by atoms with Gasteiger partial charge in [0.1, 0.15) is 11.2 Å². The molecule has 0 bridgehead atoms. The molecule has 3 aromatic carbocycles. The number of ether oxygens (including phenoxy) is 1. The third kappa shape index (κ3) is 2.30. The van der Waals surface area contributed by atoms with E-state index in [4.69, 9.17) is 4.74 Å². The van der Waals surface area contributed by atoms with Crippen molar-refractivity contribution in [1.29, 1.82) is 0 Å².